The van der Waals surface area contributed by atoms with Gasteiger partial charge in [0.05, 0.1) is 25.2 Å². The first-order chi connectivity index (χ1) is 12.2. The second-order valence-corrected chi connectivity index (χ2v) is 5.75. The summed E-state index contributed by atoms with van der Waals surface area (Å²) in [5.74, 6) is 1.30. The zero-order valence-corrected chi connectivity index (χ0v) is 13.7. The number of anilines is 1. The van der Waals surface area contributed by atoms with Crippen LogP contribution in [0, 0.1) is 5.82 Å². The highest BCUT2D eigenvalue weighted by Gasteiger charge is 2.21. The Labute approximate surface area is 144 Å². The summed E-state index contributed by atoms with van der Waals surface area (Å²) in [7, 11) is 1.57. The predicted octanol–water partition coefficient (Wildman–Crippen LogP) is 2.64. The van der Waals surface area contributed by atoms with Crippen LogP contribution in [0.15, 0.2) is 43.0 Å². The number of hydrogen-bond acceptors (Lipinski definition) is 6. The largest absolute Gasteiger partial charge is 0.496 e. The molecule has 3 aromatic rings. The van der Waals surface area contributed by atoms with Crippen LogP contribution in [0.25, 0.3) is 11.6 Å². The fourth-order valence-electron chi connectivity index (χ4n) is 3.04. The molecule has 1 aliphatic heterocycles. The molecule has 2 aromatic heterocycles. The Morgan fingerprint density at radius 2 is 1.76 bits per heavy atom. The Hall–Kier alpha value is -3.09. The highest BCUT2D eigenvalue weighted by Crippen LogP contribution is 2.31. The van der Waals surface area contributed by atoms with E-state index in [4.69, 9.17) is 4.74 Å². The first-order valence-corrected chi connectivity index (χ1v) is 7.94. The van der Waals surface area contributed by atoms with Crippen LogP contribution in [0.1, 0.15) is 11.1 Å². The van der Waals surface area contributed by atoms with Crippen molar-refractivity contribution in [2.45, 2.75) is 13.0 Å². The number of hydrogen-bond donors (Lipinski definition) is 0. The van der Waals surface area contributed by atoms with Crippen LogP contribution in [-0.2, 0) is 13.0 Å². The summed E-state index contributed by atoms with van der Waals surface area (Å²) in [6.07, 6.45) is 7.59. The molecule has 0 N–H and O–H groups in total. The van der Waals surface area contributed by atoms with Crippen molar-refractivity contribution >= 4 is 5.69 Å². The van der Waals surface area contributed by atoms with Crippen LogP contribution in [-0.4, -0.2) is 33.6 Å². The van der Waals surface area contributed by atoms with E-state index >= 15 is 0 Å². The van der Waals surface area contributed by atoms with Gasteiger partial charge in [-0.1, -0.05) is 0 Å². The van der Waals surface area contributed by atoms with Gasteiger partial charge in [-0.05, 0) is 24.1 Å². The lowest BCUT2D eigenvalue weighted by Crippen LogP contribution is -2.31. The molecule has 0 spiro atoms. The molecule has 0 saturated carbocycles. The van der Waals surface area contributed by atoms with Crippen LogP contribution in [0.3, 0.4) is 0 Å². The van der Waals surface area contributed by atoms with Crippen LogP contribution in [0.5, 0.6) is 5.75 Å². The molecule has 0 bridgehead atoms. The molecule has 0 unspecified atom stereocenters. The van der Waals surface area contributed by atoms with Gasteiger partial charge in [0.2, 0.25) is 0 Å². The fraction of sp³-hybridized carbons (Fsp3) is 0.222. The van der Waals surface area contributed by atoms with Crippen molar-refractivity contribution in [1.82, 2.24) is 19.9 Å². The Morgan fingerprint density at radius 3 is 2.48 bits per heavy atom. The molecular formula is C18H16FN5O. The molecule has 6 nitrogen and oxygen atoms in total. The van der Waals surface area contributed by atoms with Crippen molar-refractivity contribution in [3.8, 4) is 17.4 Å². The lowest BCUT2D eigenvalue weighted by Gasteiger charge is -2.31. The third-order valence-electron chi connectivity index (χ3n) is 4.25. The Kier molecular flexibility index (Phi) is 3.97. The number of rotatable bonds is 3. The van der Waals surface area contributed by atoms with Gasteiger partial charge in [0.25, 0.3) is 0 Å². The van der Waals surface area contributed by atoms with E-state index in [1.54, 1.807) is 44.0 Å². The number of ether oxygens (including phenoxy) is 1. The van der Waals surface area contributed by atoms with E-state index in [9.17, 15) is 4.39 Å². The molecule has 4 rings (SSSR count). The van der Waals surface area contributed by atoms with Crippen LogP contribution < -0.4 is 9.64 Å². The second-order valence-electron chi connectivity index (χ2n) is 5.75. The number of nitrogens with zero attached hydrogens (tertiary/aromatic N) is 5. The van der Waals surface area contributed by atoms with Gasteiger partial charge in [-0.3, -0.25) is 0 Å². The van der Waals surface area contributed by atoms with E-state index < -0.39 is 0 Å². The second kappa shape index (κ2) is 6.43. The van der Waals surface area contributed by atoms with E-state index in [0.29, 0.717) is 23.9 Å². The molecule has 0 amide bonds. The Morgan fingerprint density at radius 1 is 1.04 bits per heavy atom. The summed E-state index contributed by atoms with van der Waals surface area (Å²) in [5.41, 5.74) is 2.88. The molecule has 25 heavy (non-hydrogen) atoms. The van der Waals surface area contributed by atoms with E-state index in [1.165, 1.54) is 6.07 Å². The minimum absolute atomic E-state index is 0.287. The number of methoxy groups -OCH3 is 1. The van der Waals surface area contributed by atoms with Gasteiger partial charge in [0.1, 0.15) is 11.6 Å². The van der Waals surface area contributed by atoms with Gasteiger partial charge < -0.3 is 9.64 Å². The zero-order valence-electron chi connectivity index (χ0n) is 13.7. The van der Waals surface area contributed by atoms with E-state index in [0.717, 1.165) is 29.8 Å². The molecule has 1 aliphatic rings. The van der Waals surface area contributed by atoms with Crippen molar-refractivity contribution < 1.29 is 9.13 Å². The molecule has 0 aliphatic carbocycles. The third-order valence-corrected chi connectivity index (χ3v) is 4.25. The summed E-state index contributed by atoms with van der Waals surface area (Å²) < 4.78 is 19.1. The molecular weight excluding hydrogens is 321 g/mol. The first-order valence-electron chi connectivity index (χ1n) is 7.94. The minimum Gasteiger partial charge on any atom is -0.496 e. The molecule has 0 radical (unpaired) electrons. The van der Waals surface area contributed by atoms with Gasteiger partial charge in [0.15, 0.2) is 11.6 Å². The lowest BCUT2D eigenvalue weighted by molar-refractivity contribution is 0.403. The van der Waals surface area contributed by atoms with Crippen molar-refractivity contribution in [3.05, 3.63) is 59.9 Å². The summed E-state index contributed by atoms with van der Waals surface area (Å²) >= 11 is 0. The molecule has 0 fully saturated rings. The van der Waals surface area contributed by atoms with Crippen molar-refractivity contribution in [3.63, 3.8) is 0 Å². The summed E-state index contributed by atoms with van der Waals surface area (Å²) in [6.45, 7) is 1.38. The zero-order chi connectivity index (χ0) is 17.2. The fourth-order valence-corrected chi connectivity index (χ4v) is 3.04. The highest BCUT2D eigenvalue weighted by molar-refractivity contribution is 5.52. The lowest BCUT2D eigenvalue weighted by atomic mass is 9.98. The Bertz CT molecular complexity index is 886. The van der Waals surface area contributed by atoms with Gasteiger partial charge in [-0.25, -0.2) is 24.3 Å². The first kappa shape index (κ1) is 15.4. The maximum atomic E-state index is 13.8. The average molecular weight is 337 g/mol. The quantitative estimate of drug-likeness (QED) is 0.732. The maximum absolute atomic E-state index is 13.8. The number of halogens is 1. The highest BCUT2D eigenvalue weighted by atomic mass is 19.1. The molecule has 0 atom stereocenters. The molecule has 7 heteroatoms. The van der Waals surface area contributed by atoms with Crippen LogP contribution in [0.2, 0.25) is 0 Å². The monoisotopic (exact) mass is 337 g/mol. The molecule has 126 valence electrons. The van der Waals surface area contributed by atoms with Gasteiger partial charge in [0, 0.05) is 37.1 Å². The predicted molar refractivity (Wildman–Crippen MR) is 90.8 cm³/mol. The number of benzene rings is 1. The average Bonchev–Trinajstić information content (AvgIpc) is 2.67. The number of aromatic nitrogens is 4. The van der Waals surface area contributed by atoms with E-state index in [-0.39, 0.29) is 5.82 Å². The molecule has 1 aromatic carbocycles. The van der Waals surface area contributed by atoms with Crippen molar-refractivity contribution in [2.75, 3.05) is 18.6 Å². The SMILES string of the molecule is COc1cc(F)cc2c1CCN(c1cnc(-c3ncccn3)nc1)C2. The van der Waals surface area contributed by atoms with E-state index in [2.05, 4.69) is 24.8 Å². The van der Waals surface area contributed by atoms with Gasteiger partial charge in [-0.2, -0.15) is 0 Å². The summed E-state index contributed by atoms with van der Waals surface area (Å²) in [4.78, 5) is 19.1. The smallest absolute Gasteiger partial charge is 0.197 e. The Balaban J connectivity index is 1.59. The minimum atomic E-state index is -0.287. The molecule has 3 heterocycles. The van der Waals surface area contributed by atoms with E-state index in [1.807, 2.05) is 0 Å². The summed E-state index contributed by atoms with van der Waals surface area (Å²) in [5, 5.41) is 0. The van der Waals surface area contributed by atoms with Crippen LogP contribution in [0.4, 0.5) is 10.1 Å². The third kappa shape index (κ3) is 3.00. The normalized spacial score (nSPS) is 13.4. The van der Waals surface area contributed by atoms with Gasteiger partial charge in [-0.15, -0.1) is 0 Å². The molecule has 0 saturated heterocycles. The van der Waals surface area contributed by atoms with Gasteiger partial charge >= 0.3 is 0 Å². The standard InChI is InChI=1S/C18H16FN5O/c1-25-16-8-13(19)7-12-11-24(6-3-15(12)16)14-9-22-18(23-10-14)17-20-4-2-5-21-17/h2,4-5,7-10H,3,6,11H2,1H3. The van der Waals surface area contributed by atoms with Crippen molar-refractivity contribution in [1.29, 1.82) is 0 Å². The van der Waals surface area contributed by atoms with Crippen LogP contribution >= 0.6 is 0 Å². The topological polar surface area (TPSA) is 64.0 Å². The summed E-state index contributed by atoms with van der Waals surface area (Å²) in [6, 6.07) is 4.75. The van der Waals surface area contributed by atoms with Crippen molar-refractivity contribution in [2.24, 2.45) is 0 Å². The number of fused-ring (bicyclic) bond motifs is 1. The maximum Gasteiger partial charge on any atom is 0.197 e.